The number of aromatic nitrogens is 2. The highest BCUT2D eigenvalue weighted by Crippen LogP contribution is 2.23. The van der Waals surface area contributed by atoms with Gasteiger partial charge in [-0.15, -0.1) is 11.8 Å². The van der Waals surface area contributed by atoms with Crippen molar-refractivity contribution in [2.24, 2.45) is 0 Å². The minimum Gasteiger partial charge on any atom is -0.455 e. The topological polar surface area (TPSA) is 75.6 Å². The van der Waals surface area contributed by atoms with E-state index in [1.807, 2.05) is 35.2 Å². The number of hydrogen-bond acceptors (Lipinski definition) is 7. The molecule has 1 fully saturated rings. The largest absolute Gasteiger partial charge is 0.455 e. The quantitative estimate of drug-likeness (QED) is 0.554. The molecule has 27 heavy (non-hydrogen) atoms. The van der Waals surface area contributed by atoms with E-state index in [-0.39, 0.29) is 23.7 Å². The van der Waals surface area contributed by atoms with Crippen LogP contribution in [0.15, 0.2) is 53.7 Å². The lowest BCUT2D eigenvalue weighted by molar-refractivity contribution is -0.151. The maximum absolute atomic E-state index is 12.3. The monoisotopic (exact) mass is 386 g/mol. The van der Waals surface area contributed by atoms with Gasteiger partial charge in [-0.2, -0.15) is 0 Å². The van der Waals surface area contributed by atoms with Gasteiger partial charge in [0.1, 0.15) is 5.25 Å². The van der Waals surface area contributed by atoms with E-state index in [9.17, 15) is 9.59 Å². The van der Waals surface area contributed by atoms with Gasteiger partial charge in [-0.3, -0.25) is 9.59 Å². The van der Waals surface area contributed by atoms with Crippen molar-refractivity contribution in [2.75, 3.05) is 37.7 Å². The Morgan fingerprint density at radius 3 is 2.41 bits per heavy atom. The second kappa shape index (κ2) is 9.36. The maximum atomic E-state index is 12.3. The molecule has 1 aliphatic heterocycles. The summed E-state index contributed by atoms with van der Waals surface area (Å²) in [4.78, 5) is 37.6. The number of carbonyl (C=O) groups excluding carboxylic acids is 2. The number of esters is 1. The minimum absolute atomic E-state index is 0.172. The molecule has 1 aromatic carbocycles. The Labute approximate surface area is 162 Å². The van der Waals surface area contributed by atoms with Crippen molar-refractivity contribution in [1.82, 2.24) is 14.9 Å². The molecule has 1 aliphatic rings. The van der Waals surface area contributed by atoms with Crippen LogP contribution >= 0.6 is 11.8 Å². The van der Waals surface area contributed by atoms with E-state index in [4.69, 9.17) is 4.74 Å². The second-order valence-electron chi connectivity index (χ2n) is 6.10. The predicted octanol–water partition coefficient (Wildman–Crippen LogP) is 1.85. The zero-order chi connectivity index (χ0) is 19.1. The van der Waals surface area contributed by atoms with Gasteiger partial charge >= 0.3 is 5.97 Å². The third-order valence-electron chi connectivity index (χ3n) is 4.19. The third-order valence-corrected chi connectivity index (χ3v) is 5.28. The molecule has 0 aliphatic carbocycles. The van der Waals surface area contributed by atoms with E-state index in [2.05, 4.69) is 9.97 Å². The zero-order valence-electron chi connectivity index (χ0n) is 15.2. The van der Waals surface area contributed by atoms with Crippen LogP contribution in [0.2, 0.25) is 0 Å². The first-order valence-electron chi connectivity index (χ1n) is 8.81. The molecule has 8 heteroatoms. The molecule has 7 nitrogen and oxygen atoms in total. The molecule has 2 heterocycles. The molecule has 1 aromatic heterocycles. The summed E-state index contributed by atoms with van der Waals surface area (Å²) in [6.45, 7) is 3.99. The van der Waals surface area contributed by atoms with Gasteiger partial charge < -0.3 is 14.5 Å². The van der Waals surface area contributed by atoms with Gasteiger partial charge in [0.15, 0.2) is 6.61 Å². The van der Waals surface area contributed by atoms with Gasteiger partial charge in [0.25, 0.3) is 5.91 Å². The van der Waals surface area contributed by atoms with Crippen LogP contribution in [0.25, 0.3) is 0 Å². The number of carbonyl (C=O) groups is 2. The average Bonchev–Trinajstić information content (AvgIpc) is 2.73. The number of benzene rings is 1. The van der Waals surface area contributed by atoms with E-state index in [1.165, 1.54) is 11.8 Å². The molecule has 1 saturated heterocycles. The number of ether oxygens (including phenoxy) is 1. The van der Waals surface area contributed by atoms with Gasteiger partial charge in [-0.25, -0.2) is 9.97 Å². The summed E-state index contributed by atoms with van der Waals surface area (Å²) >= 11 is 1.42. The van der Waals surface area contributed by atoms with E-state index in [0.717, 1.165) is 4.90 Å². The van der Waals surface area contributed by atoms with Crippen LogP contribution in [0, 0.1) is 0 Å². The van der Waals surface area contributed by atoms with Crippen LogP contribution in [0.4, 0.5) is 5.95 Å². The van der Waals surface area contributed by atoms with Crippen molar-refractivity contribution >= 4 is 29.6 Å². The Kier molecular flexibility index (Phi) is 6.64. The highest BCUT2D eigenvalue weighted by atomic mass is 32.2. The number of thioether (sulfide) groups is 1. The van der Waals surface area contributed by atoms with E-state index < -0.39 is 0 Å². The van der Waals surface area contributed by atoms with Crippen molar-refractivity contribution < 1.29 is 14.3 Å². The van der Waals surface area contributed by atoms with Crippen LogP contribution in [-0.2, 0) is 14.3 Å². The Bertz CT molecular complexity index is 752. The third kappa shape index (κ3) is 5.43. The molecule has 0 bridgehead atoms. The molecule has 0 spiro atoms. The summed E-state index contributed by atoms with van der Waals surface area (Å²) in [5.41, 5.74) is 0. The first-order chi connectivity index (χ1) is 13.1. The highest BCUT2D eigenvalue weighted by molar-refractivity contribution is 8.00. The fourth-order valence-corrected chi connectivity index (χ4v) is 3.59. The molecule has 0 radical (unpaired) electrons. The van der Waals surface area contributed by atoms with E-state index in [1.54, 1.807) is 30.3 Å². The maximum Gasteiger partial charge on any atom is 0.319 e. The second-order valence-corrected chi connectivity index (χ2v) is 7.51. The Morgan fingerprint density at radius 2 is 1.74 bits per heavy atom. The summed E-state index contributed by atoms with van der Waals surface area (Å²) in [7, 11) is 0. The number of amides is 1. The Balaban J connectivity index is 1.41. The van der Waals surface area contributed by atoms with E-state index in [0.29, 0.717) is 32.1 Å². The average molecular weight is 386 g/mol. The number of rotatable bonds is 6. The van der Waals surface area contributed by atoms with Gasteiger partial charge in [0, 0.05) is 43.5 Å². The highest BCUT2D eigenvalue weighted by Gasteiger charge is 2.24. The molecule has 2 aromatic rings. The fraction of sp³-hybridized carbons (Fsp3) is 0.368. The first-order valence-corrected chi connectivity index (χ1v) is 9.69. The van der Waals surface area contributed by atoms with Crippen LogP contribution in [-0.4, -0.2) is 64.8 Å². The smallest absolute Gasteiger partial charge is 0.319 e. The normalized spacial score (nSPS) is 15.3. The molecule has 1 amide bonds. The first kappa shape index (κ1) is 19.2. The molecular formula is C19H22N4O3S. The summed E-state index contributed by atoms with van der Waals surface area (Å²) < 4.78 is 5.21. The van der Waals surface area contributed by atoms with Gasteiger partial charge in [-0.1, -0.05) is 18.2 Å². The number of nitrogens with zero attached hydrogens (tertiary/aromatic N) is 4. The number of piperazine rings is 1. The summed E-state index contributed by atoms with van der Waals surface area (Å²) in [5, 5.41) is -0.368. The van der Waals surface area contributed by atoms with Crippen LogP contribution < -0.4 is 4.90 Å². The van der Waals surface area contributed by atoms with Crippen LogP contribution in [0.1, 0.15) is 6.92 Å². The van der Waals surface area contributed by atoms with Crippen molar-refractivity contribution in [1.29, 1.82) is 0 Å². The fourth-order valence-electron chi connectivity index (χ4n) is 2.70. The molecule has 3 rings (SSSR count). The Hall–Kier alpha value is -2.61. The van der Waals surface area contributed by atoms with Gasteiger partial charge in [0.05, 0.1) is 0 Å². The summed E-state index contributed by atoms with van der Waals surface area (Å²) in [6.07, 6.45) is 3.40. The lowest BCUT2D eigenvalue weighted by atomic mass is 10.3. The number of hydrogen-bond donors (Lipinski definition) is 0. The van der Waals surface area contributed by atoms with Crippen molar-refractivity contribution in [2.45, 2.75) is 17.1 Å². The molecule has 0 N–H and O–H groups in total. The van der Waals surface area contributed by atoms with Crippen molar-refractivity contribution in [3.05, 3.63) is 48.8 Å². The Morgan fingerprint density at radius 1 is 1.07 bits per heavy atom. The van der Waals surface area contributed by atoms with Crippen LogP contribution in [0.5, 0.6) is 0 Å². The lowest BCUT2D eigenvalue weighted by Gasteiger charge is -2.34. The van der Waals surface area contributed by atoms with Gasteiger partial charge in [-0.05, 0) is 25.1 Å². The lowest BCUT2D eigenvalue weighted by Crippen LogP contribution is -2.50. The molecule has 142 valence electrons. The molecule has 0 unspecified atom stereocenters. The SMILES string of the molecule is C[C@@H](Sc1ccccc1)C(=O)OCC(=O)N1CCN(c2ncccn2)CC1. The minimum atomic E-state index is -0.381. The van der Waals surface area contributed by atoms with Crippen molar-refractivity contribution in [3.8, 4) is 0 Å². The van der Waals surface area contributed by atoms with E-state index >= 15 is 0 Å². The molecule has 0 saturated carbocycles. The van der Waals surface area contributed by atoms with Gasteiger partial charge in [0.2, 0.25) is 5.95 Å². The number of anilines is 1. The van der Waals surface area contributed by atoms with Crippen LogP contribution in [0.3, 0.4) is 0 Å². The zero-order valence-corrected chi connectivity index (χ0v) is 16.0. The summed E-state index contributed by atoms with van der Waals surface area (Å²) in [5.74, 6) is 0.116. The molecular weight excluding hydrogens is 364 g/mol. The standard InChI is InChI=1S/C19H22N4O3S/c1-15(27-16-6-3-2-4-7-16)18(25)26-14-17(24)22-10-12-23(13-11-22)19-20-8-5-9-21-19/h2-9,15H,10-14H2,1H3/t15-/m1/s1. The van der Waals surface area contributed by atoms with Crippen molar-refractivity contribution in [3.63, 3.8) is 0 Å². The summed E-state index contributed by atoms with van der Waals surface area (Å²) in [6, 6.07) is 11.4. The predicted molar refractivity (Wildman–Crippen MR) is 104 cm³/mol. The molecule has 1 atom stereocenters.